The number of carbonyl (C=O) groups is 2. The van der Waals surface area contributed by atoms with E-state index in [0.717, 1.165) is 11.1 Å². The van der Waals surface area contributed by atoms with Crippen LogP contribution in [0.5, 0.6) is 11.5 Å². The SMILES string of the molecule is COc1cccc(-c2cc(COc3cccnc3)ccc2C(=O)N[C@@H](CCSC)C(=O)O)c1. The molecule has 2 aromatic carbocycles. The predicted molar refractivity (Wildman–Crippen MR) is 129 cm³/mol. The fourth-order valence-electron chi connectivity index (χ4n) is 3.24. The number of carboxylic acid groups (broad SMARTS) is 1. The van der Waals surface area contributed by atoms with Crippen molar-refractivity contribution >= 4 is 23.6 Å². The van der Waals surface area contributed by atoms with E-state index in [4.69, 9.17) is 9.47 Å². The fraction of sp³-hybridized carbons (Fsp3) is 0.240. The largest absolute Gasteiger partial charge is 0.497 e. The van der Waals surface area contributed by atoms with Crippen molar-refractivity contribution in [3.05, 3.63) is 78.1 Å². The summed E-state index contributed by atoms with van der Waals surface area (Å²) in [7, 11) is 1.58. The van der Waals surface area contributed by atoms with E-state index in [1.54, 1.807) is 37.7 Å². The Balaban J connectivity index is 1.92. The Kier molecular flexibility index (Phi) is 8.71. The van der Waals surface area contributed by atoms with Crippen molar-refractivity contribution in [2.75, 3.05) is 19.1 Å². The molecule has 3 rings (SSSR count). The van der Waals surface area contributed by atoms with Gasteiger partial charge in [0.05, 0.1) is 13.3 Å². The first-order chi connectivity index (χ1) is 16.0. The molecule has 0 bridgehead atoms. The molecule has 1 amide bonds. The Hall–Kier alpha value is -3.52. The Morgan fingerprint density at radius 3 is 2.64 bits per heavy atom. The number of carboxylic acids is 1. The molecule has 7 nitrogen and oxygen atoms in total. The van der Waals surface area contributed by atoms with Crippen LogP contribution in [-0.4, -0.2) is 47.1 Å². The van der Waals surface area contributed by atoms with Gasteiger partial charge in [-0.3, -0.25) is 9.78 Å². The smallest absolute Gasteiger partial charge is 0.326 e. The summed E-state index contributed by atoms with van der Waals surface area (Å²) in [5.74, 6) is 0.424. The van der Waals surface area contributed by atoms with Crippen LogP contribution in [0.3, 0.4) is 0 Å². The molecule has 0 aliphatic carbocycles. The second-order valence-electron chi connectivity index (χ2n) is 7.24. The summed E-state index contributed by atoms with van der Waals surface area (Å²) in [4.78, 5) is 28.8. The summed E-state index contributed by atoms with van der Waals surface area (Å²) in [6.45, 7) is 0.288. The highest BCUT2D eigenvalue weighted by Crippen LogP contribution is 2.29. The maximum Gasteiger partial charge on any atom is 0.326 e. The summed E-state index contributed by atoms with van der Waals surface area (Å²) in [6.07, 6.45) is 5.54. The number of ether oxygens (including phenoxy) is 2. The number of aliphatic carboxylic acids is 1. The van der Waals surface area contributed by atoms with Crippen molar-refractivity contribution in [3.8, 4) is 22.6 Å². The number of thioether (sulfide) groups is 1. The fourth-order valence-corrected chi connectivity index (χ4v) is 3.71. The maximum absolute atomic E-state index is 13.1. The normalized spacial score (nSPS) is 11.5. The van der Waals surface area contributed by atoms with E-state index in [-0.39, 0.29) is 6.61 Å². The molecule has 1 heterocycles. The van der Waals surface area contributed by atoms with Gasteiger partial charge in [0.1, 0.15) is 24.1 Å². The Bertz CT molecular complexity index is 1090. The average molecular weight is 467 g/mol. The number of aromatic nitrogens is 1. The Labute approximate surface area is 197 Å². The van der Waals surface area contributed by atoms with Crippen LogP contribution in [-0.2, 0) is 11.4 Å². The lowest BCUT2D eigenvalue weighted by atomic mass is 9.96. The first-order valence-electron chi connectivity index (χ1n) is 10.3. The number of hydrogen-bond acceptors (Lipinski definition) is 6. The molecule has 0 aliphatic heterocycles. The second-order valence-corrected chi connectivity index (χ2v) is 8.22. The number of amides is 1. The van der Waals surface area contributed by atoms with Crippen molar-refractivity contribution in [2.45, 2.75) is 19.1 Å². The van der Waals surface area contributed by atoms with Gasteiger partial charge in [-0.25, -0.2) is 4.79 Å². The van der Waals surface area contributed by atoms with Crippen LogP contribution in [0.25, 0.3) is 11.1 Å². The molecule has 8 heteroatoms. The zero-order valence-corrected chi connectivity index (χ0v) is 19.3. The van der Waals surface area contributed by atoms with Gasteiger partial charge in [-0.2, -0.15) is 11.8 Å². The van der Waals surface area contributed by atoms with Gasteiger partial charge in [-0.1, -0.05) is 18.2 Å². The molecule has 0 spiro atoms. The monoisotopic (exact) mass is 466 g/mol. The zero-order valence-electron chi connectivity index (χ0n) is 18.5. The summed E-state index contributed by atoms with van der Waals surface area (Å²) < 4.78 is 11.1. The second kappa shape index (κ2) is 11.9. The van der Waals surface area contributed by atoms with Gasteiger partial charge >= 0.3 is 5.97 Å². The van der Waals surface area contributed by atoms with Crippen molar-refractivity contribution in [1.29, 1.82) is 0 Å². The van der Waals surface area contributed by atoms with Crippen LogP contribution >= 0.6 is 11.8 Å². The van der Waals surface area contributed by atoms with Crippen molar-refractivity contribution in [2.24, 2.45) is 0 Å². The molecule has 1 atom stereocenters. The first kappa shape index (κ1) is 24.1. The summed E-state index contributed by atoms with van der Waals surface area (Å²) in [6, 6.07) is 15.4. The van der Waals surface area contributed by atoms with E-state index in [1.807, 2.05) is 42.7 Å². The highest BCUT2D eigenvalue weighted by molar-refractivity contribution is 7.98. The van der Waals surface area contributed by atoms with Crippen LogP contribution in [0.15, 0.2) is 67.0 Å². The molecular weight excluding hydrogens is 440 g/mol. The molecule has 0 saturated carbocycles. The summed E-state index contributed by atoms with van der Waals surface area (Å²) >= 11 is 1.53. The molecule has 33 heavy (non-hydrogen) atoms. The van der Waals surface area contributed by atoms with E-state index in [0.29, 0.717) is 34.8 Å². The number of rotatable bonds is 11. The van der Waals surface area contributed by atoms with Gasteiger partial charge in [0.2, 0.25) is 0 Å². The van der Waals surface area contributed by atoms with Crippen LogP contribution < -0.4 is 14.8 Å². The molecule has 0 saturated heterocycles. The average Bonchev–Trinajstić information content (AvgIpc) is 2.85. The maximum atomic E-state index is 13.1. The third-order valence-electron chi connectivity index (χ3n) is 4.96. The van der Waals surface area contributed by atoms with E-state index in [2.05, 4.69) is 10.3 Å². The number of nitrogens with zero attached hydrogens (tertiary/aromatic N) is 1. The Morgan fingerprint density at radius 1 is 1.12 bits per heavy atom. The zero-order chi connectivity index (χ0) is 23.6. The van der Waals surface area contributed by atoms with Crippen LogP contribution in [0, 0.1) is 0 Å². The van der Waals surface area contributed by atoms with E-state index >= 15 is 0 Å². The van der Waals surface area contributed by atoms with Gasteiger partial charge in [0.15, 0.2) is 0 Å². The van der Waals surface area contributed by atoms with E-state index in [9.17, 15) is 14.7 Å². The van der Waals surface area contributed by atoms with Gasteiger partial charge in [0.25, 0.3) is 5.91 Å². The molecule has 0 radical (unpaired) electrons. The number of nitrogens with one attached hydrogen (secondary N) is 1. The standard InChI is InChI=1S/C25H26N2O5S/c1-31-19-6-3-5-18(14-19)22-13-17(16-32-20-7-4-11-26-15-20)8-9-21(22)24(28)27-23(25(29)30)10-12-33-2/h3-9,11,13-15,23H,10,12,16H2,1-2H3,(H,27,28)(H,29,30)/t23-/m0/s1. The summed E-state index contributed by atoms with van der Waals surface area (Å²) in [5, 5.41) is 12.2. The molecule has 0 aliphatic rings. The number of benzene rings is 2. The lowest BCUT2D eigenvalue weighted by Crippen LogP contribution is -2.41. The third kappa shape index (κ3) is 6.73. The molecule has 2 N–H and O–H groups in total. The molecule has 1 aromatic heterocycles. The minimum atomic E-state index is -1.05. The van der Waals surface area contributed by atoms with Crippen molar-refractivity contribution in [1.82, 2.24) is 10.3 Å². The van der Waals surface area contributed by atoms with Crippen molar-refractivity contribution in [3.63, 3.8) is 0 Å². The topological polar surface area (TPSA) is 97.8 Å². The first-order valence-corrected chi connectivity index (χ1v) is 11.7. The van der Waals surface area contributed by atoms with Gasteiger partial charge in [-0.05, 0) is 71.5 Å². The number of pyridine rings is 1. The molecule has 0 fully saturated rings. The lowest BCUT2D eigenvalue weighted by molar-refractivity contribution is -0.139. The van der Waals surface area contributed by atoms with Crippen LogP contribution in [0.4, 0.5) is 0 Å². The van der Waals surface area contributed by atoms with Crippen LogP contribution in [0.1, 0.15) is 22.3 Å². The number of hydrogen-bond donors (Lipinski definition) is 2. The van der Waals surface area contributed by atoms with E-state index in [1.165, 1.54) is 11.8 Å². The van der Waals surface area contributed by atoms with Gasteiger partial charge in [0, 0.05) is 11.8 Å². The minimum Gasteiger partial charge on any atom is -0.497 e. The Morgan fingerprint density at radius 2 is 1.94 bits per heavy atom. The molecular formula is C25H26N2O5S. The third-order valence-corrected chi connectivity index (χ3v) is 5.61. The van der Waals surface area contributed by atoms with Gasteiger partial charge < -0.3 is 19.9 Å². The lowest BCUT2D eigenvalue weighted by Gasteiger charge is -2.17. The highest BCUT2D eigenvalue weighted by Gasteiger charge is 2.22. The molecule has 0 unspecified atom stereocenters. The quantitative estimate of drug-likeness (QED) is 0.435. The minimum absolute atomic E-state index is 0.288. The highest BCUT2D eigenvalue weighted by atomic mass is 32.2. The van der Waals surface area contributed by atoms with E-state index < -0.39 is 17.9 Å². The number of carbonyl (C=O) groups excluding carboxylic acids is 1. The van der Waals surface area contributed by atoms with Gasteiger partial charge in [-0.15, -0.1) is 0 Å². The number of methoxy groups -OCH3 is 1. The molecule has 172 valence electrons. The summed E-state index contributed by atoms with van der Waals surface area (Å²) in [5.41, 5.74) is 2.67. The molecule has 3 aromatic rings. The van der Waals surface area contributed by atoms with Crippen molar-refractivity contribution < 1.29 is 24.2 Å². The predicted octanol–water partition coefficient (Wildman–Crippen LogP) is 4.27. The van der Waals surface area contributed by atoms with Crippen LogP contribution in [0.2, 0.25) is 0 Å².